The van der Waals surface area contributed by atoms with Crippen LogP contribution in [0.4, 0.5) is 0 Å². The van der Waals surface area contributed by atoms with Gasteiger partial charge in [0.25, 0.3) is 8.32 Å². The predicted octanol–water partition coefficient (Wildman–Crippen LogP) is 7.45. The van der Waals surface area contributed by atoms with Crippen molar-refractivity contribution in [2.75, 3.05) is 30.6 Å². The number of alkyl halides is 1. The third-order valence-electron chi connectivity index (χ3n) is 9.72. The van der Waals surface area contributed by atoms with E-state index in [0.29, 0.717) is 25.7 Å². The van der Waals surface area contributed by atoms with E-state index in [4.69, 9.17) is 9.16 Å². The molecule has 3 aromatic rings. The zero-order valence-electron chi connectivity index (χ0n) is 30.6. The van der Waals surface area contributed by atoms with Crippen LogP contribution in [-0.2, 0) is 40.4 Å². The summed E-state index contributed by atoms with van der Waals surface area (Å²) in [6.07, 6.45) is 2.42. The third-order valence-corrected chi connectivity index (χ3v) is 17.3. The highest BCUT2D eigenvalue weighted by atomic mass is 79.9. The summed E-state index contributed by atoms with van der Waals surface area (Å²) in [6.45, 7) is 14.5. The molecule has 0 aliphatic heterocycles. The smallest absolute Gasteiger partial charge is 0.308 e. The highest BCUT2D eigenvalue weighted by molar-refractivity contribution is 9.09. The second-order valence-corrected chi connectivity index (χ2v) is 22.4. The first-order chi connectivity index (χ1) is 22.9. The number of benzene rings is 3. The minimum Gasteiger partial charge on any atom is -0.469 e. The fourth-order valence-corrected chi connectivity index (χ4v) is 14.2. The van der Waals surface area contributed by atoms with Crippen molar-refractivity contribution in [2.45, 2.75) is 84.6 Å². The molecule has 268 valence electrons. The SMILES string of the molecule is COC(=O)[C@@H](C)Cc1cccc(C(C)(CCCC(C)(C)CS(=O)(=O)CCO[Si](c2ccccc2)(c2ccccc2)C(C)(C)C)C(=O)CBr)c1. The average Bonchev–Trinajstić information content (AvgIpc) is 3.05. The number of hydrogen-bond acceptors (Lipinski definition) is 6. The molecule has 0 amide bonds. The number of ketones is 1. The maximum atomic E-state index is 13.6. The molecule has 0 aromatic heterocycles. The Hall–Kier alpha value is -2.59. The molecule has 0 heterocycles. The van der Waals surface area contributed by atoms with Crippen molar-refractivity contribution in [1.82, 2.24) is 0 Å². The summed E-state index contributed by atoms with van der Waals surface area (Å²) < 4.78 is 39.0. The number of hydrogen-bond donors (Lipinski definition) is 0. The van der Waals surface area contributed by atoms with Gasteiger partial charge in [-0.15, -0.1) is 0 Å². The number of methoxy groups -OCH3 is 1. The van der Waals surface area contributed by atoms with E-state index < -0.39 is 29.0 Å². The van der Waals surface area contributed by atoms with Crippen LogP contribution in [0.15, 0.2) is 84.9 Å². The molecule has 0 N–H and O–H groups in total. The highest BCUT2D eigenvalue weighted by Crippen LogP contribution is 2.38. The molecular weight excluding hydrogens is 716 g/mol. The van der Waals surface area contributed by atoms with Crippen molar-refractivity contribution < 1.29 is 27.2 Å². The average molecular weight is 772 g/mol. The highest BCUT2D eigenvalue weighted by Gasteiger charge is 2.50. The van der Waals surface area contributed by atoms with Crippen LogP contribution in [-0.4, -0.2) is 59.0 Å². The van der Waals surface area contributed by atoms with Crippen LogP contribution in [0, 0.1) is 11.3 Å². The van der Waals surface area contributed by atoms with Gasteiger partial charge in [0.1, 0.15) is 0 Å². The predicted molar refractivity (Wildman–Crippen MR) is 207 cm³/mol. The number of carbonyl (C=O) groups excluding carboxylic acids is 2. The topological polar surface area (TPSA) is 86.7 Å². The Labute approximate surface area is 304 Å². The van der Waals surface area contributed by atoms with Crippen molar-refractivity contribution in [3.05, 3.63) is 96.1 Å². The quantitative estimate of drug-likeness (QED) is 0.0760. The summed E-state index contributed by atoms with van der Waals surface area (Å²) in [5.74, 6) is -0.519. The minimum absolute atomic E-state index is 0.0358. The Morgan fingerprint density at radius 1 is 0.837 bits per heavy atom. The number of halogens is 1. The van der Waals surface area contributed by atoms with E-state index in [0.717, 1.165) is 21.5 Å². The summed E-state index contributed by atoms with van der Waals surface area (Å²) in [5.41, 5.74) is 0.618. The van der Waals surface area contributed by atoms with Gasteiger partial charge in [-0.05, 0) is 58.1 Å². The Morgan fingerprint density at radius 2 is 1.41 bits per heavy atom. The molecule has 0 aliphatic rings. The van der Waals surface area contributed by atoms with Crippen LogP contribution < -0.4 is 10.4 Å². The van der Waals surface area contributed by atoms with Crippen molar-refractivity contribution in [1.29, 1.82) is 0 Å². The Balaban J connectivity index is 1.72. The summed E-state index contributed by atoms with van der Waals surface area (Å²) in [7, 11) is -4.91. The fourth-order valence-electron chi connectivity index (χ4n) is 7.02. The van der Waals surface area contributed by atoms with Gasteiger partial charge in [0.05, 0.1) is 35.3 Å². The summed E-state index contributed by atoms with van der Waals surface area (Å²) in [6, 6.07) is 28.4. The first kappa shape index (κ1) is 40.8. The largest absolute Gasteiger partial charge is 0.469 e. The van der Waals surface area contributed by atoms with Crippen LogP contribution >= 0.6 is 15.9 Å². The van der Waals surface area contributed by atoms with Crippen molar-refractivity contribution in [2.24, 2.45) is 11.3 Å². The summed E-state index contributed by atoms with van der Waals surface area (Å²) in [4.78, 5) is 25.4. The van der Waals surface area contributed by atoms with Gasteiger partial charge in [0.2, 0.25) is 0 Å². The maximum absolute atomic E-state index is 13.6. The van der Waals surface area contributed by atoms with Gasteiger partial charge in [-0.25, -0.2) is 8.42 Å². The second kappa shape index (κ2) is 17.1. The lowest BCUT2D eigenvalue weighted by Crippen LogP contribution is -2.66. The molecule has 2 atom stereocenters. The molecular formula is C40H55BrO6SSi. The van der Waals surface area contributed by atoms with Gasteiger partial charge in [-0.3, -0.25) is 9.59 Å². The normalized spacial score (nSPS) is 14.6. The van der Waals surface area contributed by atoms with E-state index in [-0.39, 0.29) is 46.2 Å². The zero-order valence-corrected chi connectivity index (χ0v) is 34.0. The summed E-state index contributed by atoms with van der Waals surface area (Å²) >= 11 is 3.39. The summed E-state index contributed by atoms with van der Waals surface area (Å²) in [5, 5.41) is 2.22. The van der Waals surface area contributed by atoms with Crippen molar-refractivity contribution in [3.8, 4) is 0 Å². The van der Waals surface area contributed by atoms with Crippen molar-refractivity contribution >= 4 is 56.2 Å². The first-order valence-corrected chi connectivity index (χ1v) is 22.0. The lowest BCUT2D eigenvalue weighted by molar-refractivity contribution is -0.144. The van der Waals surface area contributed by atoms with Gasteiger partial charge in [0, 0.05) is 6.61 Å². The molecule has 0 saturated carbocycles. The molecule has 0 saturated heterocycles. The van der Waals surface area contributed by atoms with Crippen LogP contribution in [0.5, 0.6) is 0 Å². The van der Waals surface area contributed by atoms with E-state index in [9.17, 15) is 18.0 Å². The molecule has 0 radical (unpaired) electrons. The first-order valence-electron chi connectivity index (χ1n) is 17.1. The molecule has 3 aromatic carbocycles. The van der Waals surface area contributed by atoms with E-state index in [1.165, 1.54) is 7.11 Å². The number of ether oxygens (including phenoxy) is 1. The molecule has 0 fully saturated rings. The number of esters is 1. The lowest BCUT2D eigenvalue weighted by Gasteiger charge is -2.43. The van der Waals surface area contributed by atoms with Gasteiger partial charge in [0.15, 0.2) is 15.6 Å². The molecule has 6 nitrogen and oxygen atoms in total. The standard InChI is InChI=1S/C40H55BrO6SSi/c1-31(37(43)46-8)27-32-17-15-18-33(28-32)40(7,36(42)29-41)24-16-23-39(5,6)30-48(44,45)26-25-47-49(38(2,3)4,34-19-11-9-12-20-34)35-21-13-10-14-22-35/h9-15,17-22,28,31H,16,23-27,29-30H2,1-8H3/t31-,40?/m0/s1. The van der Waals surface area contributed by atoms with Crippen LogP contribution in [0.3, 0.4) is 0 Å². The molecule has 0 aliphatic carbocycles. The van der Waals surface area contributed by atoms with Crippen LogP contribution in [0.1, 0.15) is 78.9 Å². The molecule has 1 unspecified atom stereocenters. The number of Topliss-reactive ketones (excluding diaryl/α,β-unsaturated/α-hetero) is 1. The minimum atomic E-state index is -3.45. The maximum Gasteiger partial charge on any atom is 0.308 e. The second-order valence-electron chi connectivity index (χ2n) is 15.3. The Kier molecular flexibility index (Phi) is 14.2. The Bertz CT molecular complexity index is 1600. The molecule has 0 spiro atoms. The van der Waals surface area contributed by atoms with Gasteiger partial charge in [-0.1, -0.05) is 149 Å². The zero-order chi connectivity index (χ0) is 36.5. The monoisotopic (exact) mass is 770 g/mol. The van der Waals surface area contributed by atoms with Crippen molar-refractivity contribution in [3.63, 3.8) is 0 Å². The van der Waals surface area contributed by atoms with E-state index in [1.54, 1.807) is 0 Å². The number of carbonyl (C=O) groups is 2. The van der Waals surface area contributed by atoms with Gasteiger partial charge < -0.3 is 9.16 Å². The van der Waals surface area contributed by atoms with Crippen LogP contribution in [0.25, 0.3) is 0 Å². The van der Waals surface area contributed by atoms with E-state index in [2.05, 4.69) is 61.0 Å². The van der Waals surface area contributed by atoms with Gasteiger partial charge in [-0.2, -0.15) is 0 Å². The lowest BCUT2D eigenvalue weighted by atomic mass is 9.73. The molecule has 3 rings (SSSR count). The molecule has 49 heavy (non-hydrogen) atoms. The Morgan fingerprint density at radius 3 is 1.92 bits per heavy atom. The molecule has 0 bridgehead atoms. The van der Waals surface area contributed by atoms with Gasteiger partial charge >= 0.3 is 5.97 Å². The number of sulfone groups is 1. The fraction of sp³-hybridized carbons (Fsp3) is 0.500. The van der Waals surface area contributed by atoms with Crippen LogP contribution in [0.2, 0.25) is 5.04 Å². The molecule has 9 heteroatoms. The number of rotatable bonds is 18. The van der Waals surface area contributed by atoms with E-state index in [1.807, 2.05) is 88.4 Å². The third kappa shape index (κ3) is 10.5. The van der Waals surface area contributed by atoms with E-state index >= 15 is 0 Å².